The van der Waals surface area contributed by atoms with E-state index in [1.807, 2.05) is 0 Å². The molecular formula is C11H15N3O3. The normalized spacial score (nSPS) is 11.9. The van der Waals surface area contributed by atoms with Gasteiger partial charge in [-0.15, -0.1) is 5.73 Å². The molecule has 1 atom stereocenters. The van der Waals surface area contributed by atoms with Gasteiger partial charge in [-0.3, -0.25) is 4.57 Å². The monoisotopic (exact) mass is 237 g/mol. The van der Waals surface area contributed by atoms with Crippen molar-refractivity contribution in [3.63, 3.8) is 0 Å². The minimum absolute atomic E-state index is 0.129. The SMILES string of the molecule is C=C=C(CO)C[C@@H](CO)n1ccc(N)nc1=O. The summed E-state index contributed by atoms with van der Waals surface area (Å²) in [5.74, 6) is 0.129. The first-order valence-electron chi connectivity index (χ1n) is 5.06. The second-order valence-corrected chi connectivity index (χ2v) is 3.52. The van der Waals surface area contributed by atoms with Crippen molar-refractivity contribution >= 4 is 5.82 Å². The van der Waals surface area contributed by atoms with Crippen LogP contribution in [0.1, 0.15) is 12.5 Å². The van der Waals surface area contributed by atoms with Crippen molar-refractivity contribution in [2.75, 3.05) is 18.9 Å². The van der Waals surface area contributed by atoms with E-state index in [0.717, 1.165) is 0 Å². The molecule has 1 aromatic rings. The van der Waals surface area contributed by atoms with Gasteiger partial charge in [0.2, 0.25) is 0 Å². The summed E-state index contributed by atoms with van der Waals surface area (Å²) >= 11 is 0. The summed E-state index contributed by atoms with van der Waals surface area (Å²) in [7, 11) is 0. The summed E-state index contributed by atoms with van der Waals surface area (Å²) in [5, 5.41) is 18.2. The van der Waals surface area contributed by atoms with Gasteiger partial charge in [0.25, 0.3) is 0 Å². The molecule has 0 amide bonds. The summed E-state index contributed by atoms with van der Waals surface area (Å²) in [6.07, 6.45) is 1.74. The molecule has 6 nitrogen and oxygen atoms in total. The summed E-state index contributed by atoms with van der Waals surface area (Å²) < 4.78 is 1.27. The Morgan fingerprint density at radius 2 is 2.35 bits per heavy atom. The molecule has 1 heterocycles. The molecule has 0 aliphatic heterocycles. The minimum atomic E-state index is -0.537. The maximum Gasteiger partial charge on any atom is 0.349 e. The lowest BCUT2D eigenvalue weighted by Crippen LogP contribution is -2.29. The first-order valence-corrected chi connectivity index (χ1v) is 5.06. The predicted molar refractivity (Wildman–Crippen MR) is 63.4 cm³/mol. The maximum atomic E-state index is 11.6. The average Bonchev–Trinajstić information content (AvgIpc) is 2.32. The van der Waals surface area contributed by atoms with Crippen LogP contribution in [0.15, 0.2) is 34.9 Å². The summed E-state index contributed by atoms with van der Waals surface area (Å²) in [5.41, 5.74) is 7.91. The van der Waals surface area contributed by atoms with Crippen LogP contribution in [0.4, 0.5) is 5.82 Å². The highest BCUT2D eigenvalue weighted by molar-refractivity contribution is 5.23. The lowest BCUT2D eigenvalue weighted by molar-refractivity contribution is 0.218. The molecule has 4 N–H and O–H groups in total. The van der Waals surface area contributed by atoms with Crippen molar-refractivity contribution in [2.24, 2.45) is 0 Å². The van der Waals surface area contributed by atoms with Crippen LogP contribution >= 0.6 is 0 Å². The van der Waals surface area contributed by atoms with Crippen molar-refractivity contribution < 1.29 is 10.2 Å². The van der Waals surface area contributed by atoms with Gasteiger partial charge in [0.15, 0.2) is 0 Å². The molecule has 17 heavy (non-hydrogen) atoms. The Labute approximate surface area is 98.3 Å². The van der Waals surface area contributed by atoms with Gasteiger partial charge >= 0.3 is 5.69 Å². The van der Waals surface area contributed by atoms with Crippen LogP contribution in [0, 0.1) is 0 Å². The quantitative estimate of drug-likeness (QED) is 0.597. The highest BCUT2D eigenvalue weighted by Gasteiger charge is 2.13. The topological polar surface area (TPSA) is 101 Å². The molecule has 1 rings (SSSR count). The Bertz CT molecular complexity index is 489. The van der Waals surface area contributed by atoms with Gasteiger partial charge in [-0.05, 0) is 11.6 Å². The highest BCUT2D eigenvalue weighted by atomic mass is 16.3. The number of hydrogen-bond donors (Lipinski definition) is 3. The minimum Gasteiger partial charge on any atom is -0.394 e. The third kappa shape index (κ3) is 3.29. The third-order valence-electron chi connectivity index (χ3n) is 2.38. The van der Waals surface area contributed by atoms with Crippen LogP contribution in [0.3, 0.4) is 0 Å². The van der Waals surface area contributed by atoms with Crippen LogP contribution in [0.5, 0.6) is 0 Å². The summed E-state index contributed by atoms with van der Waals surface area (Å²) in [6.45, 7) is 2.96. The van der Waals surface area contributed by atoms with Gasteiger partial charge < -0.3 is 15.9 Å². The Morgan fingerprint density at radius 1 is 1.65 bits per heavy atom. The standard InChI is InChI=1S/C11H15N3O3/c1-2-8(6-15)5-9(7-16)14-4-3-10(12)13-11(14)17/h3-4,9,15-16H,1,5-7H2,(H2,12,13,17)/t9-/m0/s1. The van der Waals surface area contributed by atoms with Crippen molar-refractivity contribution in [3.8, 4) is 0 Å². The fraction of sp³-hybridized carbons (Fsp3) is 0.364. The Balaban J connectivity index is 3.02. The van der Waals surface area contributed by atoms with E-state index in [9.17, 15) is 9.90 Å². The van der Waals surface area contributed by atoms with Crippen molar-refractivity contribution in [1.29, 1.82) is 0 Å². The Kier molecular flexibility index (Phi) is 4.66. The molecule has 0 saturated heterocycles. The van der Waals surface area contributed by atoms with E-state index in [0.29, 0.717) is 5.57 Å². The molecule has 6 heteroatoms. The summed E-state index contributed by atoms with van der Waals surface area (Å²) in [6, 6.07) is 0.965. The second kappa shape index (κ2) is 6.00. The molecule has 0 fully saturated rings. The molecule has 0 unspecified atom stereocenters. The molecule has 92 valence electrons. The molecule has 0 bridgehead atoms. The molecule has 0 aromatic carbocycles. The van der Waals surface area contributed by atoms with E-state index in [2.05, 4.69) is 17.3 Å². The number of anilines is 1. The predicted octanol–water partition coefficient (Wildman–Crippen LogP) is -0.547. The van der Waals surface area contributed by atoms with Crippen LogP contribution in [0.25, 0.3) is 0 Å². The largest absolute Gasteiger partial charge is 0.394 e. The molecule has 0 saturated carbocycles. The zero-order valence-electron chi connectivity index (χ0n) is 9.33. The van der Waals surface area contributed by atoms with E-state index in [4.69, 9.17) is 10.8 Å². The van der Waals surface area contributed by atoms with Gasteiger partial charge in [0.1, 0.15) is 5.82 Å². The van der Waals surface area contributed by atoms with Crippen LogP contribution < -0.4 is 11.4 Å². The van der Waals surface area contributed by atoms with Crippen molar-refractivity contribution in [1.82, 2.24) is 9.55 Å². The maximum absolute atomic E-state index is 11.6. The number of nitrogen functional groups attached to an aromatic ring is 1. The van der Waals surface area contributed by atoms with Gasteiger partial charge in [-0.2, -0.15) is 4.98 Å². The smallest absolute Gasteiger partial charge is 0.349 e. The van der Waals surface area contributed by atoms with Crippen molar-refractivity contribution in [2.45, 2.75) is 12.5 Å². The number of hydrogen-bond acceptors (Lipinski definition) is 5. The number of rotatable bonds is 5. The fourth-order valence-electron chi connectivity index (χ4n) is 1.43. The number of aliphatic hydroxyl groups is 2. The molecular weight excluding hydrogens is 222 g/mol. The highest BCUT2D eigenvalue weighted by Crippen LogP contribution is 2.14. The zero-order valence-corrected chi connectivity index (χ0v) is 9.33. The number of nitrogens with zero attached hydrogens (tertiary/aromatic N) is 2. The summed E-state index contributed by atoms with van der Waals surface area (Å²) in [4.78, 5) is 15.1. The average molecular weight is 237 g/mol. The second-order valence-electron chi connectivity index (χ2n) is 3.52. The van der Waals surface area contributed by atoms with Crippen LogP contribution in [-0.2, 0) is 0 Å². The van der Waals surface area contributed by atoms with E-state index >= 15 is 0 Å². The van der Waals surface area contributed by atoms with Gasteiger partial charge in [0.05, 0.1) is 19.3 Å². The van der Waals surface area contributed by atoms with Crippen LogP contribution in [-0.4, -0.2) is 33.0 Å². The number of nitrogens with two attached hydrogens (primary N) is 1. The van der Waals surface area contributed by atoms with Gasteiger partial charge in [-0.25, -0.2) is 4.79 Å². The van der Waals surface area contributed by atoms with E-state index in [1.165, 1.54) is 16.8 Å². The molecule has 0 aliphatic carbocycles. The molecule has 0 spiro atoms. The lowest BCUT2D eigenvalue weighted by Gasteiger charge is -2.17. The Morgan fingerprint density at radius 3 is 2.82 bits per heavy atom. The first kappa shape index (κ1) is 13.2. The molecule has 0 aliphatic rings. The van der Waals surface area contributed by atoms with Gasteiger partial charge in [0, 0.05) is 12.6 Å². The third-order valence-corrected chi connectivity index (χ3v) is 2.38. The fourth-order valence-corrected chi connectivity index (χ4v) is 1.43. The Hall–Kier alpha value is -1.88. The van der Waals surface area contributed by atoms with E-state index in [1.54, 1.807) is 0 Å². The number of aromatic nitrogens is 2. The van der Waals surface area contributed by atoms with Crippen molar-refractivity contribution in [3.05, 3.63) is 40.6 Å². The molecule has 0 radical (unpaired) electrons. The lowest BCUT2D eigenvalue weighted by atomic mass is 10.1. The van der Waals surface area contributed by atoms with Crippen LogP contribution in [0.2, 0.25) is 0 Å². The van der Waals surface area contributed by atoms with Gasteiger partial charge in [-0.1, -0.05) is 6.58 Å². The van der Waals surface area contributed by atoms with E-state index in [-0.39, 0.29) is 25.5 Å². The number of aliphatic hydroxyl groups excluding tert-OH is 2. The zero-order chi connectivity index (χ0) is 12.8. The first-order chi connectivity index (χ1) is 8.12. The van der Waals surface area contributed by atoms with E-state index < -0.39 is 11.7 Å². The molecule has 1 aromatic heterocycles.